The summed E-state index contributed by atoms with van der Waals surface area (Å²) in [5, 5.41) is 0. The molecule has 0 aliphatic heterocycles. The van der Waals surface area contributed by atoms with Crippen molar-refractivity contribution in [1.82, 2.24) is 0 Å². The van der Waals surface area contributed by atoms with Gasteiger partial charge < -0.3 is 4.74 Å². The monoisotopic (exact) mass is 184 g/mol. The van der Waals surface area contributed by atoms with Crippen LogP contribution in [-0.2, 0) is 9.53 Å². The Kier molecular flexibility index (Phi) is 4.87. The summed E-state index contributed by atoms with van der Waals surface area (Å²) in [6.45, 7) is 2.09. The van der Waals surface area contributed by atoms with Crippen LogP contribution in [0.4, 0.5) is 0 Å². The second-order valence-corrected chi connectivity index (χ2v) is 3.85. The molecule has 1 aliphatic rings. The van der Waals surface area contributed by atoms with Crippen LogP contribution < -0.4 is 0 Å². The molecule has 0 amide bonds. The second kappa shape index (κ2) is 6.01. The Morgan fingerprint density at radius 2 is 2.00 bits per heavy atom. The van der Waals surface area contributed by atoms with Crippen molar-refractivity contribution < 1.29 is 9.53 Å². The molecule has 0 aromatic carbocycles. The molecule has 0 bridgehead atoms. The fourth-order valence-electron chi connectivity index (χ4n) is 1.75. The molecule has 0 N–H and O–H groups in total. The number of ether oxygens (including phenoxy) is 1. The van der Waals surface area contributed by atoms with Crippen LogP contribution in [-0.4, -0.2) is 12.1 Å². The van der Waals surface area contributed by atoms with Crippen molar-refractivity contribution in [2.45, 2.75) is 64.4 Å². The largest absolute Gasteiger partial charge is 0.462 e. The van der Waals surface area contributed by atoms with Crippen LogP contribution in [0, 0.1) is 0 Å². The maximum absolute atomic E-state index is 11.2. The molecule has 0 radical (unpaired) electrons. The predicted molar refractivity (Wildman–Crippen MR) is 52.5 cm³/mol. The van der Waals surface area contributed by atoms with E-state index in [1.165, 1.54) is 19.3 Å². The van der Waals surface area contributed by atoms with Gasteiger partial charge in [0.25, 0.3) is 0 Å². The molecule has 0 aromatic heterocycles. The summed E-state index contributed by atoms with van der Waals surface area (Å²) in [5.41, 5.74) is 0. The molecule has 0 aromatic rings. The molecule has 13 heavy (non-hydrogen) atoms. The lowest BCUT2D eigenvalue weighted by molar-refractivity contribution is -0.150. The van der Waals surface area contributed by atoms with Crippen molar-refractivity contribution in [2.75, 3.05) is 0 Å². The van der Waals surface area contributed by atoms with E-state index < -0.39 is 0 Å². The molecule has 0 unspecified atom stereocenters. The minimum absolute atomic E-state index is 0.00810. The first-order valence-electron chi connectivity index (χ1n) is 5.52. The number of unbranched alkanes of at least 4 members (excludes halogenated alkanes) is 1. The molecular weight excluding hydrogens is 164 g/mol. The fraction of sp³-hybridized carbons (Fsp3) is 0.909. The third-order valence-electron chi connectivity index (χ3n) is 2.58. The fourth-order valence-corrected chi connectivity index (χ4v) is 1.75. The van der Waals surface area contributed by atoms with Gasteiger partial charge in [0, 0.05) is 6.42 Å². The summed E-state index contributed by atoms with van der Waals surface area (Å²) in [7, 11) is 0. The molecule has 0 saturated heterocycles. The number of hydrogen-bond acceptors (Lipinski definition) is 2. The third-order valence-corrected chi connectivity index (χ3v) is 2.58. The lowest BCUT2D eigenvalue weighted by Gasteiger charge is -2.21. The van der Waals surface area contributed by atoms with Crippen LogP contribution >= 0.6 is 0 Å². The molecule has 1 fully saturated rings. The first-order chi connectivity index (χ1) is 6.33. The Morgan fingerprint density at radius 1 is 1.31 bits per heavy atom. The lowest BCUT2D eigenvalue weighted by atomic mass is 9.98. The standard InChI is InChI=1S/C11H20O2/c1-2-3-9-11(12)13-10-7-5-4-6-8-10/h10H,2-9H2,1H3. The van der Waals surface area contributed by atoms with E-state index in [0.29, 0.717) is 6.42 Å². The minimum Gasteiger partial charge on any atom is -0.462 e. The Labute approximate surface area is 80.7 Å². The summed E-state index contributed by atoms with van der Waals surface area (Å²) in [5.74, 6) is 0.00810. The van der Waals surface area contributed by atoms with Crippen LogP contribution in [0.1, 0.15) is 58.3 Å². The smallest absolute Gasteiger partial charge is 0.306 e. The van der Waals surface area contributed by atoms with Crippen molar-refractivity contribution >= 4 is 5.97 Å². The van der Waals surface area contributed by atoms with Gasteiger partial charge in [-0.1, -0.05) is 19.8 Å². The van der Waals surface area contributed by atoms with Gasteiger partial charge >= 0.3 is 5.97 Å². The molecule has 1 aliphatic carbocycles. The highest BCUT2D eigenvalue weighted by molar-refractivity contribution is 5.69. The van der Waals surface area contributed by atoms with Crippen LogP contribution in [0.2, 0.25) is 0 Å². The minimum atomic E-state index is 0.00810. The van der Waals surface area contributed by atoms with Gasteiger partial charge in [0.2, 0.25) is 0 Å². The number of carbonyl (C=O) groups excluding carboxylic acids is 1. The first-order valence-corrected chi connectivity index (χ1v) is 5.52. The molecule has 0 atom stereocenters. The van der Waals surface area contributed by atoms with E-state index in [-0.39, 0.29) is 12.1 Å². The molecule has 76 valence electrons. The van der Waals surface area contributed by atoms with E-state index in [2.05, 4.69) is 6.92 Å². The van der Waals surface area contributed by atoms with E-state index >= 15 is 0 Å². The van der Waals surface area contributed by atoms with Crippen LogP contribution in [0.25, 0.3) is 0 Å². The van der Waals surface area contributed by atoms with Crippen molar-refractivity contribution in [2.24, 2.45) is 0 Å². The third kappa shape index (κ3) is 4.30. The molecule has 0 heterocycles. The highest BCUT2D eigenvalue weighted by Gasteiger charge is 2.16. The van der Waals surface area contributed by atoms with Gasteiger partial charge in [-0.2, -0.15) is 0 Å². The Bertz CT molecular complexity index is 148. The quantitative estimate of drug-likeness (QED) is 0.628. The number of esters is 1. The van der Waals surface area contributed by atoms with Gasteiger partial charge in [0.1, 0.15) is 6.10 Å². The zero-order valence-corrected chi connectivity index (χ0v) is 8.55. The highest BCUT2D eigenvalue weighted by atomic mass is 16.5. The van der Waals surface area contributed by atoms with E-state index in [1.807, 2.05) is 0 Å². The highest BCUT2D eigenvalue weighted by Crippen LogP contribution is 2.20. The van der Waals surface area contributed by atoms with Crippen molar-refractivity contribution in [3.05, 3.63) is 0 Å². The van der Waals surface area contributed by atoms with E-state index in [1.54, 1.807) is 0 Å². The summed E-state index contributed by atoms with van der Waals surface area (Å²) in [6, 6.07) is 0. The molecule has 1 rings (SSSR count). The van der Waals surface area contributed by atoms with E-state index in [0.717, 1.165) is 25.7 Å². The van der Waals surface area contributed by atoms with Gasteiger partial charge in [-0.05, 0) is 32.1 Å². The van der Waals surface area contributed by atoms with Crippen molar-refractivity contribution in [1.29, 1.82) is 0 Å². The average molecular weight is 184 g/mol. The topological polar surface area (TPSA) is 26.3 Å². The molecule has 2 nitrogen and oxygen atoms in total. The average Bonchev–Trinajstić information content (AvgIpc) is 2.16. The maximum Gasteiger partial charge on any atom is 0.306 e. The predicted octanol–water partition coefficient (Wildman–Crippen LogP) is 3.05. The zero-order valence-electron chi connectivity index (χ0n) is 8.55. The van der Waals surface area contributed by atoms with Crippen LogP contribution in [0.5, 0.6) is 0 Å². The van der Waals surface area contributed by atoms with Crippen molar-refractivity contribution in [3.63, 3.8) is 0 Å². The Morgan fingerprint density at radius 3 is 2.62 bits per heavy atom. The lowest BCUT2D eigenvalue weighted by Crippen LogP contribution is -2.20. The van der Waals surface area contributed by atoms with Crippen LogP contribution in [0.15, 0.2) is 0 Å². The summed E-state index contributed by atoms with van der Waals surface area (Å²) < 4.78 is 5.35. The maximum atomic E-state index is 11.2. The normalized spacial score (nSPS) is 18.5. The summed E-state index contributed by atoms with van der Waals surface area (Å²) >= 11 is 0. The Hall–Kier alpha value is -0.530. The zero-order chi connectivity index (χ0) is 9.52. The SMILES string of the molecule is CCCCC(=O)OC1CCCCC1. The van der Waals surface area contributed by atoms with E-state index in [4.69, 9.17) is 4.74 Å². The first kappa shape index (κ1) is 10.6. The van der Waals surface area contributed by atoms with Gasteiger partial charge in [-0.15, -0.1) is 0 Å². The van der Waals surface area contributed by atoms with Gasteiger partial charge in [0.05, 0.1) is 0 Å². The summed E-state index contributed by atoms with van der Waals surface area (Å²) in [4.78, 5) is 11.2. The number of carbonyl (C=O) groups is 1. The van der Waals surface area contributed by atoms with E-state index in [9.17, 15) is 4.79 Å². The number of rotatable bonds is 4. The van der Waals surface area contributed by atoms with Gasteiger partial charge in [-0.3, -0.25) is 4.79 Å². The summed E-state index contributed by atoms with van der Waals surface area (Å²) in [6.07, 6.45) is 8.80. The second-order valence-electron chi connectivity index (χ2n) is 3.85. The molecular formula is C11H20O2. The van der Waals surface area contributed by atoms with Crippen LogP contribution in [0.3, 0.4) is 0 Å². The Balaban J connectivity index is 2.11. The number of hydrogen-bond donors (Lipinski definition) is 0. The molecule has 1 saturated carbocycles. The molecule has 0 spiro atoms. The molecule has 2 heteroatoms. The van der Waals surface area contributed by atoms with Crippen molar-refractivity contribution in [3.8, 4) is 0 Å². The van der Waals surface area contributed by atoms with Gasteiger partial charge in [-0.25, -0.2) is 0 Å². The van der Waals surface area contributed by atoms with Gasteiger partial charge in [0.15, 0.2) is 0 Å².